The summed E-state index contributed by atoms with van der Waals surface area (Å²) in [4.78, 5) is 2.49. The SMILES string of the molecule is CN1CC[C@@H]2CCC3(C[C@@H]21)OCC(c1ccccc1)O3.COc1ccccc1OC.[HH]. The molecule has 2 aliphatic heterocycles. The minimum absolute atomic E-state index is 0. The summed E-state index contributed by atoms with van der Waals surface area (Å²) < 4.78 is 22.6. The number of methoxy groups -OCH3 is 2. The van der Waals surface area contributed by atoms with E-state index in [9.17, 15) is 0 Å². The fourth-order valence-electron chi connectivity index (χ4n) is 4.99. The molecule has 0 radical (unpaired) electrons. The summed E-state index contributed by atoms with van der Waals surface area (Å²) in [6.45, 7) is 1.93. The molecular weight excluding hydrogens is 378 g/mol. The van der Waals surface area contributed by atoms with Crippen LogP contribution in [0.1, 0.15) is 38.8 Å². The lowest BCUT2D eigenvalue weighted by Gasteiger charge is -2.40. The highest BCUT2D eigenvalue weighted by Crippen LogP contribution is 2.47. The van der Waals surface area contributed by atoms with Crippen molar-refractivity contribution in [3.05, 3.63) is 60.2 Å². The largest absolute Gasteiger partial charge is 0.493 e. The molecule has 0 bridgehead atoms. The van der Waals surface area contributed by atoms with Gasteiger partial charge in [0.25, 0.3) is 0 Å². The number of benzene rings is 2. The van der Waals surface area contributed by atoms with Crippen LogP contribution in [0, 0.1) is 5.92 Å². The molecule has 5 heteroatoms. The van der Waals surface area contributed by atoms with Crippen molar-refractivity contribution >= 4 is 0 Å². The lowest BCUT2D eigenvalue weighted by atomic mass is 9.81. The molecule has 2 aromatic rings. The normalized spacial score (nSPS) is 30.4. The van der Waals surface area contributed by atoms with Crippen LogP contribution in [-0.2, 0) is 9.47 Å². The van der Waals surface area contributed by atoms with E-state index < -0.39 is 0 Å². The van der Waals surface area contributed by atoms with E-state index in [4.69, 9.17) is 18.9 Å². The van der Waals surface area contributed by atoms with Gasteiger partial charge in [-0.05, 0) is 50.0 Å². The van der Waals surface area contributed by atoms with Gasteiger partial charge in [-0.25, -0.2) is 0 Å². The molecule has 5 rings (SSSR count). The molecular formula is C25H35NO4. The Hall–Kier alpha value is -2.08. The van der Waals surface area contributed by atoms with Gasteiger partial charge in [0.2, 0.25) is 0 Å². The molecule has 3 fully saturated rings. The Morgan fingerprint density at radius 3 is 2.30 bits per heavy atom. The molecule has 2 unspecified atom stereocenters. The van der Waals surface area contributed by atoms with Crippen molar-refractivity contribution in [1.82, 2.24) is 4.90 Å². The average molecular weight is 414 g/mol. The first-order valence-corrected chi connectivity index (χ1v) is 10.9. The molecule has 2 aromatic carbocycles. The van der Waals surface area contributed by atoms with Gasteiger partial charge in [0, 0.05) is 20.3 Å². The standard InChI is InChI=1S/C17H23NO2.C8H10O2.H2/c1-18-10-8-13-7-9-17(11-15(13)18)19-12-16(20-17)14-5-3-2-4-6-14;1-9-7-5-3-4-6-8(7)10-2;/h2-6,13,15-16H,7-12H2,1H3;3-6H,1-2H3;1H/t13-,15-,16?,17?;;/m0../s1. The molecule has 30 heavy (non-hydrogen) atoms. The van der Waals surface area contributed by atoms with E-state index in [0.717, 1.165) is 30.3 Å². The summed E-state index contributed by atoms with van der Waals surface area (Å²) in [7, 11) is 5.49. The topological polar surface area (TPSA) is 40.2 Å². The van der Waals surface area contributed by atoms with Crippen molar-refractivity contribution in [2.24, 2.45) is 5.92 Å². The third-order valence-electron chi connectivity index (χ3n) is 6.69. The Morgan fingerprint density at radius 1 is 0.967 bits per heavy atom. The first-order chi connectivity index (χ1) is 14.6. The van der Waals surface area contributed by atoms with Crippen LogP contribution in [0.5, 0.6) is 11.5 Å². The summed E-state index contributed by atoms with van der Waals surface area (Å²) in [6.07, 6.45) is 4.80. The van der Waals surface area contributed by atoms with Crippen molar-refractivity contribution in [2.45, 2.75) is 43.6 Å². The summed E-state index contributed by atoms with van der Waals surface area (Å²) in [6, 6.07) is 18.7. The molecule has 164 valence electrons. The van der Waals surface area contributed by atoms with E-state index >= 15 is 0 Å². The van der Waals surface area contributed by atoms with E-state index in [0.29, 0.717) is 12.6 Å². The summed E-state index contributed by atoms with van der Waals surface area (Å²) in [5.41, 5.74) is 1.24. The second kappa shape index (κ2) is 9.38. The maximum atomic E-state index is 6.38. The molecule has 2 heterocycles. The molecule has 1 saturated carbocycles. The van der Waals surface area contributed by atoms with Gasteiger partial charge >= 0.3 is 0 Å². The van der Waals surface area contributed by atoms with Gasteiger partial charge in [-0.2, -0.15) is 0 Å². The van der Waals surface area contributed by atoms with Crippen molar-refractivity contribution in [3.63, 3.8) is 0 Å². The van der Waals surface area contributed by atoms with Gasteiger partial charge < -0.3 is 23.8 Å². The molecule has 0 N–H and O–H groups in total. The van der Waals surface area contributed by atoms with Gasteiger partial charge in [-0.1, -0.05) is 42.5 Å². The predicted molar refractivity (Wildman–Crippen MR) is 119 cm³/mol. The maximum absolute atomic E-state index is 6.38. The van der Waals surface area contributed by atoms with Crippen LogP contribution in [0.25, 0.3) is 0 Å². The van der Waals surface area contributed by atoms with Crippen LogP contribution in [0.3, 0.4) is 0 Å². The van der Waals surface area contributed by atoms with Gasteiger partial charge in [-0.15, -0.1) is 0 Å². The molecule has 0 amide bonds. The molecule has 2 saturated heterocycles. The van der Waals surface area contributed by atoms with Crippen molar-refractivity contribution in [1.29, 1.82) is 0 Å². The zero-order valence-electron chi connectivity index (χ0n) is 18.3. The highest BCUT2D eigenvalue weighted by atomic mass is 16.7. The Kier molecular flexibility index (Phi) is 6.61. The quantitative estimate of drug-likeness (QED) is 0.714. The van der Waals surface area contributed by atoms with Crippen LogP contribution in [0.15, 0.2) is 54.6 Å². The first-order valence-electron chi connectivity index (χ1n) is 10.9. The first kappa shape index (κ1) is 21.2. The van der Waals surface area contributed by atoms with Gasteiger partial charge in [0.15, 0.2) is 17.3 Å². The molecule has 0 aromatic heterocycles. The molecule has 3 aliphatic rings. The van der Waals surface area contributed by atoms with E-state index in [-0.39, 0.29) is 13.3 Å². The lowest BCUT2D eigenvalue weighted by molar-refractivity contribution is -0.201. The van der Waals surface area contributed by atoms with Gasteiger partial charge in [0.05, 0.1) is 20.8 Å². The second-order valence-corrected chi connectivity index (χ2v) is 8.43. The van der Waals surface area contributed by atoms with Crippen molar-refractivity contribution in [2.75, 3.05) is 34.4 Å². The van der Waals surface area contributed by atoms with Crippen LogP contribution < -0.4 is 9.47 Å². The van der Waals surface area contributed by atoms with Crippen LogP contribution in [0.2, 0.25) is 0 Å². The van der Waals surface area contributed by atoms with Crippen LogP contribution >= 0.6 is 0 Å². The Labute approximate surface area is 181 Å². The monoisotopic (exact) mass is 413 g/mol. The minimum Gasteiger partial charge on any atom is -0.493 e. The smallest absolute Gasteiger partial charge is 0.170 e. The number of hydrogen-bond donors (Lipinski definition) is 0. The number of fused-ring (bicyclic) bond motifs is 1. The Morgan fingerprint density at radius 2 is 1.63 bits per heavy atom. The van der Waals surface area contributed by atoms with Crippen LogP contribution in [0.4, 0.5) is 0 Å². The average Bonchev–Trinajstić information content (AvgIpc) is 3.38. The summed E-state index contributed by atoms with van der Waals surface area (Å²) in [5, 5.41) is 0. The minimum atomic E-state index is -0.319. The third-order valence-corrected chi connectivity index (χ3v) is 6.69. The predicted octanol–water partition coefficient (Wildman–Crippen LogP) is 4.92. The molecule has 5 nitrogen and oxygen atoms in total. The highest BCUT2D eigenvalue weighted by molar-refractivity contribution is 5.39. The Bertz CT molecular complexity index is 797. The lowest BCUT2D eigenvalue weighted by Crippen LogP contribution is -2.45. The van der Waals surface area contributed by atoms with Crippen molar-refractivity contribution in [3.8, 4) is 11.5 Å². The van der Waals surface area contributed by atoms with Crippen molar-refractivity contribution < 1.29 is 20.4 Å². The third kappa shape index (κ3) is 4.48. The number of para-hydroxylation sites is 2. The summed E-state index contributed by atoms with van der Waals surface area (Å²) in [5.74, 6) is 2.07. The van der Waals surface area contributed by atoms with Crippen LogP contribution in [-0.4, -0.2) is 51.1 Å². The van der Waals surface area contributed by atoms with E-state index in [1.54, 1.807) is 14.2 Å². The fraction of sp³-hybridized carbons (Fsp3) is 0.520. The number of hydrogen-bond acceptors (Lipinski definition) is 5. The molecule has 1 spiro atoms. The van der Waals surface area contributed by atoms with E-state index in [1.807, 2.05) is 30.3 Å². The van der Waals surface area contributed by atoms with Gasteiger partial charge in [-0.3, -0.25) is 0 Å². The van der Waals surface area contributed by atoms with E-state index in [1.165, 1.54) is 24.9 Å². The van der Waals surface area contributed by atoms with Gasteiger partial charge in [0.1, 0.15) is 6.10 Å². The zero-order chi connectivity index (χ0) is 21.0. The molecule has 4 atom stereocenters. The number of likely N-dealkylation sites (tertiary alicyclic amines) is 1. The highest BCUT2D eigenvalue weighted by Gasteiger charge is 2.50. The number of nitrogens with zero attached hydrogens (tertiary/aromatic N) is 1. The van der Waals surface area contributed by atoms with E-state index in [2.05, 4.69) is 36.2 Å². The zero-order valence-corrected chi connectivity index (χ0v) is 18.3. The number of ether oxygens (including phenoxy) is 4. The number of rotatable bonds is 3. The second-order valence-electron chi connectivity index (χ2n) is 8.43. The summed E-state index contributed by atoms with van der Waals surface area (Å²) >= 11 is 0. The Balaban J connectivity index is 0.000000212. The maximum Gasteiger partial charge on any atom is 0.170 e. The fourth-order valence-corrected chi connectivity index (χ4v) is 4.99. The molecule has 1 aliphatic carbocycles.